The van der Waals surface area contributed by atoms with Gasteiger partial charge in [0.05, 0.1) is 23.9 Å². The van der Waals surface area contributed by atoms with Crippen molar-refractivity contribution in [2.45, 2.75) is 39.2 Å². The Morgan fingerprint density at radius 1 is 1.33 bits per heavy atom. The number of halogens is 1. The second kappa shape index (κ2) is 5.91. The summed E-state index contributed by atoms with van der Waals surface area (Å²) < 4.78 is 5.64. The zero-order valence-corrected chi connectivity index (χ0v) is 10.2. The molecule has 1 aromatic rings. The summed E-state index contributed by atoms with van der Waals surface area (Å²) in [4.78, 5) is 8.24. The van der Waals surface area contributed by atoms with Crippen molar-refractivity contribution in [3.63, 3.8) is 0 Å². The van der Waals surface area contributed by atoms with E-state index in [2.05, 4.69) is 23.8 Å². The topological polar surface area (TPSA) is 35.0 Å². The van der Waals surface area contributed by atoms with E-state index >= 15 is 0 Å². The average molecular weight is 229 g/mol. The number of ether oxygens (including phenoxy) is 1. The van der Waals surface area contributed by atoms with Gasteiger partial charge in [-0.15, -0.1) is 11.6 Å². The first kappa shape index (κ1) is 12.2. The van der Waals surface area contributed by atoms with E-state index in [-0.39, 0.29) is 6.10 Å². The summed E-state index contributed by atoms with van der Waals surface area (Å²) in [7, 11) is 0. The molecule has 0 N–H and O–H groups in total. The van der Waals surface area contributed by atoms with Crippen molar-refractivity contribution in [3.8, 4) is 5.88 Å². The number of nitrogens with zero attached hydrogens (tertiary/aromatic N) is 2. The molecule has 1 heterocycles. The third-order valence-electron chi connectivity index (χ3n) is 1.92. The molecule has 0 fully saturated rings. The van der Waals surface area contributed by atoms with Gasteiger partial charge in [-0.25, -0.2) is 4.98 Å². The number of rotatable bonds is 5. The highest BCUT2D eigenvalue weighted by Gasteiger charge is 2.08. The minimum absolute atomic E-state index is 0.157. The molecule has 0 saturated heterocycles. The molecule has 0 amide bonds. The first-order valence-corrected chi connectivity index (χ1v) is 5.68. The highest BCUT2D eigenvalue weighted by Crippen LogP contribution is 2.13. The van der Waals surface area contributed by atoms with Crippen LogP contribution in [0.3, 0.4) is 0 Å². The van der Waals surface area contributed by atoms with Gasteiger partial charge in [-0.05, 0) is 19.3 Å². The standard InChI is InChI=1S/C11H17ClN2O/c1-8(2)4-9(3)15-11-7-13-6-10(5-12)14-11/h6-9H,4-5H2,1-3H3. The van der Waals surface area contributed by atoms with Crippen molar-refractivity contribution in [2.75, 3.05) is 0 Å². The minimum Gasteiger partial charge on any atom is -0.474 e. The third-order valence-corrected chi connectivity index (χ3v) is 2.20. The second-order valence-corrected chi connectivity index (χ2v) is 4.31. The maximum atomic E-state index is 5.66. The van der Waals surface area contributed by atoms with Gasteiger partial charge in [-0.1, -0.05) is 13.8 Å². The Labute approximate surface area is 95.8 Å². The summed E-state index contributed by atoms with van der Waals surface area (Å²) in [5, 5.41) is 0. The first-order valence-electron chi connectivity index (χ1n) is 5.15. The molecule has 0 aliphatic carbocycles. The summed E-state index contributed by atoms with van der Waals surface area (Å²) >= 11 is 5.66. The Morgan fingerprint density at radius 2 is 2.07 bits per heavy atom. The second-order valence-electron chi connectivity index (χ2n) is 4.04. The van der Waals surface area contributed by atoms with E-state index in [1.165, 1.54) is 0 Å². The lowest BCUT2D eigenvalue weighted by Crippen LogP contribution is -2.15. The Bertz CT molecular complexity index is 304. The zero-order valence-electron chi connectivity index (χ0n) is 9.40. The molecular formula is C11H17ClN2O. The van der Waals surface area contributed by atoms with Gasteiger partial charge in [-0.3, -0.25) is 4.98 Å². The molecule has 1 aromatic heterocycles. The van der Waals surface area contributed by atoms with Crippen molar-refractivity contribution in [1.82, 2.24) is 9.97 Å². The van der Waals surface area contributed by atoms with Crippen LogP contribution >= 0.6 is 11.6 Å². The van der Waals surface area contributed by atoms with Crippen LogP contribution < -0.4 is 4.74 Å². The fourth-order valence-electron chi connectivity index (χ4n) is 1.43. The Hall–Kier alpha value is -0.830. The van der Waals surface area contributed by atoms with Crippen molar-refractivity contribution in [3.05, 3.63) is 18.1 Å². The summed E-state index contributed by atoms with van der Waals surface area (Å²) in [6.45, 7) is 6.37. The quantitative estimate of drug-likeness (QED) is 0.727. The lowest BCUT2D eigenvalue weighted by Gasteiger charge is -2.15. The number of aromatic nitrogens is 2. The van der Waals surface area contributed by atoms with Crippen LogP contribution in [0.5, 0.6) is 5.88 Å². The van der Waals surface area contributed by atoms with Gasteiger partial charge in [0.25, 0.3) is 0 Å². The molecule has 84 valence electrons. The molecule has 0 saturated carbocycles. The number of hydrogen-bond acceptors (Lipinski definition) is 3. The zero-order chi connectivity index (χ0) is 11.3. The summed E-state index contributed by atoms with van der Waals surface area (Å²) in [6.07, 6.45) is 4.43. The van der Waals surface area contributed by atoms with Crippen molar-refractivity contribution >= 4 is 11.6 Å². The maximum Gasteiger partial charge on any atom is 0.232 e. The van der Waals surface area contributed by atoms with Gasteiger partial charge < -0.3 is 4.74 Å². The fraction of sp³-hybridized carbons (Fsp3) is 0.636. The van der Waals surface area contributed by atoms with Crippen LogP contribution in [-0.2, 0) is 5.88 Å². The fourth-order valence-corrected chi connectivity index (χ4v) is 1.55. The highest BCUT2D eigenvalue weighted by atomic mass is 35.5. The average Bonchev–Trinajstić information content (AvgIpc) is 2.16. The Morgan fingerprint density at radius 3 is 2.67 bits per heavy atom. The molecule has 15 heavy (non-hydrogen) atoms. The molecule has 0 aliphatic heterocycles. The van der Waals surface area contributed by atoms with Crippen LogP contribution in [0, 0.1) is 5.92 Å². The van der Waals surface area contributed by atoms with Crippen LogP contribution in [0.4, 0.5) is 0 Å². The van der Waals surface area contributed by atoms with E-state index in [0.717, 1.165) is 12.1 Å². The van der Waals surface area contributed by atoms with Crippen molar-refractivity contribution in [1.29, 1.82) is 0 Å². The molecule has 0 aromatic carbocycles. The van der Waals surface area contributed by atoms with Gasteiger partial charge in [0.2, 0.25) is 5.88 Å². The summed E-state index contributed by atoms with van der Waals surface area (Å²) in [5.41, 5.74) is 0.742. The molecule has 0 radical (unpaired) electrons. The molecule has 1 atom stereocenters. The largest absolute Gasteiger partial charge is 0.474 e. The van der Waals surface area contributed by atoms with E-state index in [1.807, 2.05) is 6.92 Å². The van der Waals surface area contributed by atoms with Gasteiger partial charge in [0.1, 0.15) is 0 Å². The van der Waals surface area contributed by atoms with E-state index < -0.39 is 0 Å². The van der Waals surface area contributed by atoms with Crippen LogP contribution in [0.2, 0.25) is 0 Å². The third kappa shape index (κ3) is 4.47. The molecule has 4 heteroatoms. The monoisotopic (exact) mass is 228 g/mol. The van der Waals surface area contributed by atoms with E-state index in [4.69, 9.17) is 16.3 Å². The first-order chi connectivity index (χ1) is 7.11. The smallest absolute Gasteiger partial charge is 0.232 e. The molecule has 1 unspecified atom stereocenters. The molecule has 3 nitrogen and oxygen atoms in total. The molecule has 1 rings (SSSR count). The van der Waals surface area contributed by atoms with Crippen molar-refractivity contribution < 1.29 is 4.74 Å². The lowest BCUT2D eigenvalue weighted by molar-refractivity contribution is 0.184. The lowest BCUT2D eigenvalue weighted by atomic mass is 10.1. The predicted octanol–water partition coefficient (Wildman–Crippen LogP) is 3.03. The van der Waals surface area contributed by atoms with Crippen LogP contribution in [0.1, 0.15) is 32.9 Å². The highest BCUT2D eigenvalue weighted by molar-refractivity contribution is 6.16. The molecular weight excluding hydrogens is 212 g/mol. The molecule has 0 spiro atoms. The van der Waals surface area contributed by atoms with Gasteiger partial charge >= 0.3 is 0 Å². The maximum absolute atomic E-state index is 5.66. The Balaban J connectivity index is 2.55. The minimum atomic E-state index is 0.157. The normalized spacial score (nSPS) is 12.9. The van der Waals surface area contributed by atoms with Gasteiger partial charge in [0.15, 0.2) is 0 Å². The van der Waals surface area contributed by atoms with E-state index in [0.29, 0.717) is 17.7 Å². The molecule has 0 bridgehead atoms. The summed E-state index contributed by atoms with van der Waals surface area (Å²) in [6, 6.07) is 0. The number of alkyl halides is 1. The van der Waals surface area contributed by atoms with Gasteiger partial charge in [-0.2, -0.15) is 0 Å². The van der Waals surface area contributed by atoms with E-state index in [1.54, 1.807) is 12.4 Å². The van der Waals surface area contributed by atoms with Crippen LogP contribution in [0.25, 0.3) is 0 Å². The van der Waals surface area contributed by atoms with Crippen LogP contribution in [-0.4, -0.2) is 16.1 Å². The molecule has 0 aliphatic rings. The van der Waals surface area contributed by atoms with Crippen LogP contribution in [0.15, 0.2) is 12.4 Å². The van der Waals surface area contributed by atoms with Gasteiger partial charge in [0, 0.05) is 6.20 Å². The predicted molar refractivity (Wildman–Crippen MR) is 61.1 cm³/mol. The van der Waals surface area contributed by atoms with E-state index in [9.17, 15) is 0 Å². The SMILES string of the molecule is CC(C)CC(C)Oc1cncc(CCl)n1. The summed E-state index contributed by atoms with van der Waals surface area (Å²) in [5.74, 6) is 1.54. The van der Waals surface area contributed by atoms with Crippen molar-refractivity contribution in [2.24, 2.45) is 5.92 Å². The Kier molecular flexibility index (Phi) is 4.82. The number of hydrogen-bond donors (Lipinski definition) is 0.